The van der Waals surface area contributed by atoms with E-state index >= 15 is 0 Å². The van der Waals surface area contributed by atoms with E-state index in [0.717, 1.165) is 37.4 Å². The van der Waals surface area contributed by atoms with Gasteiger partial charge in [-0.2, -0.15) is 4.68 Å². The third-order valence-corrected chi connectivity index (χ3v) is 6.51. The fourth-order valence-corrected chi connectivity index (χ4v) is 4.53. The molecule has 3 aromatic rings. The van der Waals surface area contributed by atoms with E-state index in [1.165, 1.54) is 17.3 Å². The van der Waals surface area contributed by atoms with Gasteiger partial charge in [0.2, 0.25) is 11.1 Å². The van der Waals surface area contributed by atoms with Crippen LogP contribution >= 0.6 is 11.8 Å². The number of amides is 1. The molecule has 1 atom stereocenters. The molecule has 1 fully saturated rings. The topological polar surface area (TPSA) is 67.2 Å². The van der Waals surface area contributed by atoms with Crippen LogP contribution in [0.1, 0.15) is 24.1 Å². The predicted octanol–water partition coefficient (Wildman–Crippen LogP) is 2.97. The molecule has 0 saturated carbocycles. The Hall–Kier alpha value is -2.71. The van der Waals surface area contributed by atoms with Gasteiger partial charge in [-0.1, -0.05) is 60.3 Å². The number of aryl methyl sites for hydroxylation is 1. The number of carbonyl (C=O) groups excluding carboxylic acids is 1. The number of nitrogens with zero attached hydrogens (tertiary/aromatic N) is 6. The molecule has 1 aromatic heterocycles. The highest BCUT2D eigenvalue weighted by molar-refractivity contribution is 7.99. The summed E-state index contributed by atoms with van der Waals surface area (Å²) in [7, 11) is 0. The van der Waals surface area contributed by atoms with Gasteiger partial charge in [0, 0.05) is 32.2 Å². The predicted molar refractivity (Wildman–Crippen MR) is 118 cm³/mol. The van der Waals surface area contributed by atoms with E-state index in [9.17, 15) is 4.79 Å². The average Bonchev–Trinajstić information content (AvgIpc) is 3.26. The summed E-state index contributed by atoms with van der Waals surface area (Å²) in [4.78, 5) is 17.1. The summed E-state index contributed by atoms with van der Waals surface area (Å²) in [5.74, 6) is 0.465. The van der Waals surface area contributed by atoms with Crippen LogP contribution in [0.2, 0.25) is 0 Å². The lowest BCUT2D eigenvalue weighted by atomic mass is 10.1. The second-order valence-corrected chi connectivity index (χ2v) is 8.39. The third kappa shape index (κ3) is 4.55. The Balaban J connectivity index is 1.31. The van der Waals surface area contributed by atoms with Crippen molar-refractivity contribution < 1.29 is 4.79 Å². The molecular formula is C22H26N6OS. The van der Waals surface area contributed by atoms with E-state index in [-0.39, 0.29) is 5.91 Å². The number of aromatic nitrogens is 4. The van der Waals surface area contributed by atoms with Crippen molar-refractivity contribution in [2.24, 2.45) is 0 Å². The first-order chi connectivity index (χ1) is 14.6. The summed E-state index contributed by atoms with van der Waals surface area (Å²) in [5, 5.41) is 12.6. The minimum Gasteiger partial charge on any atom is -0.339 e. The molecule has 1 aliphatic rings. The Morgan fingerprint density at radius 1 is 1.03 bits per heavy atom. The molecule has 4 rings (SSSR count). The maximum Gasteiger partial charge on any atom is 0.233 e. The zero-order chi connectivity index (χ0) is 20.9. The van der Waals surface area contributed by atoms with Crippen molar-refractivity contribution in [3.8, 4) is 5.69 Å². The molecule has 8 heteroatoms. The summed E-state index contributed by atoms with van der Waals surface area (Å²) in [6, 6.07) is 18.8. The second-order valence-electron chi connectivity index (χ2n) is 7.45. The number of tetrazole rings is 1. The number of rotatable bonds is 6. The summed E-state index contributed by atoms with van der Waals surface area (Å²) in [6.07, 6.45) is 0. The number of para-hydroxylation sites is 1. The van der Waals surface area contributed by atoms with Gasteiger partial charge < -0.3 is 4.90 Å². The van der Waals surface area contributed by atoms with Crippen LogP contribution in [0.15, 0.2) is 59.8 Å². The second kappa shape index (κ2) is 9.40. The van der Waals surface area contributed by atoms with Crippen LogP contribution in [-0.4, -0.2) is 67.8 Å². The smallest absolute Gasteiger partial charge is 0.233 e. The van der Waals surface area contributed by atoms with Gasteiger partial charge in [-0.15, -0.1) is 5.10 Å². The fourth-order valence-electron chi connectivity index (χ4n) is 3.74. The van der Waals surface area contributed by atoms with Gasteiger partial charge in [0.25, 0.3) is 0 Å². The quantitative estimate of drug-likeness (QED) is 0.569. The van der Waals surface area contributed by atoms with Crippen LogP contribution < -0.4 is 0 Å². The number of hydrogen-bond acceptors (Lipinski definition) is 6. The molecule has 2 heterocycles. The number of carbonyl (C=O) groups is 1. The van der Waals surface area contributed by atoms with Gasteiger partial charge in [-0.25, -0.2) is 0 Å². The molecule has 0 spiro atoms. The molecule has 1 amide bonds. The minimum absolute atomic E-state index is 0.131. The molecule has 0 radical (unpaired) electrons. The summed E-state index contributed by atoms with van der Waals surface area (Å²) in [6.45, 7) is 7.51. The summed E-state index contributed by atoms with van der Waals surface area (Å²) in [5.41, 5.74) is 3.33. The van der Waals surface area contributed by atoms with Gasteiger partial charge in [0.15, 0.2) is 0 Å². The molecule has 2 aromatic carbocycles. The average molecular weight is 423 g/mol. The lowest BCUT2D eigenvalue weighted by molar-refractivity contribution is -0.130. The van der Waals surface area contributed by atoms with Crippen molar-refractivity contribution in [1.29, 1.82) is 0 Å². The first-order valence-corrected chi connectivity index (χ1v) is 11.2. The third-order valence-electron chi connectivity index (χ3n) is 5.61. The summed E-state index contributed by atoms with van der Waals surface area (Å²) < 4.78 is 1.70. The minimum atomic E-state index is 0.131. The number of piperazine rings is 1. The van der Waals surface area contributed by atoms with E-state index in [1.807, 2.05) is 42.2 Å². The summed E-state index contributed by atoms with van der Waals surface area (Å²) >= 11 is 1.39. The maximum atomic E-state index is 12.8. The molecule has 0 unspecified atom stereocenters. The van der Waals surface area contributed by atoms with Crippen LogP contribution in [0.3, 0.4) is 0 Å². The molecule has 0 N–H and O–H groups in total. The molecule has 1 aliphatic heterocycles. The Bertz CT molecular complexity index is 984. The van der Waals surface area contributed by atoms with Crippen molar-refractivity contribution in [3.05, 3.63) is 65.7 Å². The zero-order valence-electron chi connectivity index (χ0n) is 17.3. The molecule has 7 nitrogen and oxygen atoms in total. The standard InChI is InChI=1S/C22H26N6OS/c1-17-8-6-7-11-20(17)28-22(23-24-25-28)30-16-21(29)27-14-12-26(13-15-27)18(2)19-9-4-3-5-10-19/h3-11,18H,12-16H2,1-2H3/t18-/m1/s1. The van der Waals surface area contributed by atoms with Crippen LogP contribution in [0.5, 0.6) is 0 Å². The van der Waals surface area contributed by atoms with Gasteiger partial charge in [0.1, 0.15) is 0 Å². The largest absolute Gasteiger partial charge is 0.339 e. The van der Waals surface area contributed by atoms with E-state index in [1.54, 1.807) is 4.68 Å². The SMILES string of the molecule is Cc1ccccc1-n1nnnc1SCC(=O)N1CCN([C@H](C)c2ccccc2)CC1. The number of thioether (sulfide) groups is 1. The van der Waals surface area contributed by atoms with Gasteiger partial charge in [-0.3, -0.25) is 9.69 Å². The van der Waals surface area contributed by atoms with Crippen molar-refractivity contribution in [2.45, 2.75) is 25.0 Å². The Morgan fingerprint density at radius 2 is 1.73 bits per heavy atom. The molecule has 156 valence electrons. The molecule has 1 saturated heterocycles. The van der Waals surface area contributed by atoms with Crippen LogP contribution in [0, 0.1) is 6.92 Å². The van der Waals surface area contributed by atoms with E-state index in [2.05, 4.69) is 51.6 Å². The Kier molecular flexibility index (Phi) is 6.44. The maximum absolute atomic E-state index is 12.8. The lowest BCUT2D eigenvalue weighted by Gasteiger charge is -2.38. The first-order valence-electron chi connectivity index (χ1n) is 10.2. The van der Waals surface area contributed by atoms with Gasteiger partial charge in [0.05, 0.1) is 11.4 Å². The highest BCUT2D eigenvalue weighted by Gasteiger charge is 2.25. The van der Waals surface area contributed by atoms with E-state index in [4.69, 9.17) is 0 Å². The zero-order valence-corrected chi connectivity index (χ0v) is 18.1. The molecule has 30 heavy (non-hydrogen) atoms. The van der Waals surface area contributed by atoms with Crippen molar-refractivity contribution in [2.75, 3.05) is 31.9 Å². The van der Waals surface area contributed by atoms with Crippen molar-refractivity contribution >= 4 is 17.7 Å². The van der Waals surface area contributed by atoms with Crippen molar-refractivity contribution in [1.82, 2.24) is 30.0 Å². The molecule has 0 bridgehead atoms. The fraction of sp³-hybridized carbons (Fsp3) is 0.364. The monoisotopic (exact) mass is 422 g/mol. The van der Waals surface area contributed by atoms with E-state index in [0.29, 0.717) is 17.0 Å². The highest BCUT2D eigenvalue weighted by Crippen LogP contribution is 2.23. The number of hydrogen-bond donors (Lipinski definition) is 0. The highest BCUT2D eigenvalue weighted by atomic mass is 32.2. The normalized spacial score (nSPS) is 15.9. The first kappa shape index (κ1) is 20.6. The van der Waals surface area contributed by atoms with E-state index < -0.39 is 0 Å². The molecular weight excluding hydrogens is 396 g/mol. The van der Waals surface area contributed by atoms with Gasteiger partial charge in [-0.05, 0) is 41.5 Å². The van der Waals surface area contributed by atoms with Crippen LogP contribution in [-0.2, 0) is 4.79 Å². The lowest BCUT2D eigenvalue weighted by Crippen LogP contribution is -2.49. The van der Waals surface area contributed by atoms with Crippen LogP contribution in [0.25, 0.3) is 5.69 Å². The Morgan fingerprint density at radius 3 is 2.47 bits per heavy atom. The van der Waals surface area contributed by atoms with Gasteiger partial charge >= 0.3 is 0 Å². The Labute approximate surface area is 181 Å². The number of benzene rings is 2. The van der Waals surface area contributed by atoms with Crippen LogP contribution in [0.4, 0.5) is 0 Å². The van der Waals surface area contributed by atoms with Crippen molar-refractivity contribution in [3.63, 3.8) is 0 Å². The molecule has 0 aliphatic carbocycles.